The Labute approximate surface area is 153 Å². The predicted octanol–water partition coefficient (Wildman–Crippen LogP) is 3.60. The van der Waals surface area contributed by atoms with E-state index in [9.17, 15) is 14.3 Å². The third-order valence-electron chi connectivity index (χ3n) is 4.80. The monoisotopic (exact) mass is 356 g/mol. The van der Waals surface area contributed by atoms with Crippen molar-refractivity contribution in [3.8, 4) is 0 Å². The van der Waals surface area contributed by atoms with Gasteiger partial charge < -0.3 is 15.7 Å². The van der Waals surface area contributed by atoms with Gasteiger partial charge in [-0.25, -0.2) is 4.39 Å². The number of rotatable bonds is 6. The summed E-state index contributed by atoms with van der Waals surface area (Å²) in [4.78, 5) is 11.8. The molecule has 0 amide bonds. The van der Waals surface area contributed by atoms with Crippen molar-refractivity contribution in [3.63, 3.8) is 0 Å². The molecule has 0 radical (unpaired) electrons. The second-order valence-corrected chi connectivity index (χ2v) is 7.04. The van der Waals surface area contributed by atoms with Gasteiger partial charge >= 0.3 is 0 Å². The number of aryl methyl sites for hydroxylation is 2. The number of fused-ring (bicyclic) bond motifs is 1. The summed E-state index contributed by atoms with van der Waals surface area (Å²) in [6, 6.07) is 9.06. The number of nitrogens with one attached hydrogen (secondary N) is 2. The molecule has 1 aliphatic rings. The fraction of sp³-hybridized carbons (Fsp3) is 0.381. The first kappa shape index (κ1) is 18.4. The molecule has 0 heterocycles. The highest BCUT2D eigenvalue weighted by Crippen LogP contribution is 2.28. The largest absolute Gasteiger partial charge is 0.394 e. The Morgan fingerprint density at radius 1 is 1.19 bits per heavy atom. The number of ketones is 1. The molecule has 3 N–H and O–H groups in total. The van der Waals surface area contributed by atoms with Crippen molar-refractivity contribution in [3.05, 3.63) is 58.4 Å². The van der Waals surface area contributed by atoms with E-state index < -0.39 is 0 Å². The van der Waals surface area contributed by atoms with E-state index >= 15 is 0 Å². The Balaban J connectivity index is 1.85. The third-order valence-corrected chi connectivity index (χ3v) is 4.80. The van der Waals surface area contributed by atoms with Crippen LogP contribution < -0.4 is 10.6 Å². The molecule has 0 bridgehead atoms. The smallest absolute Gasteiger partial charge is 0.137 e. The zero-order chi connectivity index (χ0) is 18.7. The molecule has 0 aliphatic heterocycles. The highest BCUT2D eigenvalue weighted by Gasteiger charge is 2.18. The summed E-state index contributed by atoms with van der Waals surface area (Å²) in [6.45, 7) is 4.25. The molecule has 0 aromatic heterocycles. The number of hydrogen-bond acceptors (Lipinski definition) is 4. The normalized spacial score (nSPS) is 14.7. The van der Waals surface area contributed by atoms with E-state index in [1.54, 1.807) is 19.1 Å². The van der Waals surface area contributed by atoms with Crippen LogP contribution in [0.5, 0.6) is 0 Å². The molecule has 4 nitrogen and oxygen atoms in total. The lowest BCUT2D eigenvalue weighted by molar-refractivity contribution is -0.118. The Bertz CT molecular complexity index is 820. The van der Waals surface area contributed by atoms with Gasteiger partial charge in [-0.2, -0.15) is 0 Å². The molecule has 0 saturated carbocycles. The van der Waals surface area contributed by atoms with Crippen LogP contribution >= 0.6 is 0 Å². The molecule has 138 valence electrons. The summed E-state index contributed by atoms with van der Waals surface area (Å²) < 4.78 is 13.4. The van der Waals surface area contributed by atoms with E-state index in [2.05, 4.69) is 16.7 Å². The van der Waals surface area contributed by atoms with Crippen molar-refractivity contribution >= 4 is 17.2 Å². The van der Waals surface area contributed by atoms with Gasteiger partial charge in [0.2, 0.25) is 0 Å². The maximum absolute atomic E-state index is 13.4. The van der Waals surface area contributed by atoms with Crippen molar-refractivity contribution in [1.82, 2.24) is 0 Å². The number of anilines is 2. The average molecular weight is 356 g/mol. The SMILES string of the molecule is Cc1cc(NCc2cc3c(cc2N[C@@H](C)CO)CC(=O)CC3)ccc1F. The number of carbonyl (C=O) groups is 1. The van der Waals surface area contributed by atoms with E-state index in [1.807, 2.05) is 13.0 Å². The summed E-state index contributed by atoms with van der Waals surface area (Å²) in [7, 11) is 0. The third kappa shape index (κ3) is 4.22. The molecule has 0 spiro atoms. The quantitative estimate of drug-likeness (QED) is 0.740. The first-order valence-electron chi connectivity index (χ1n) is 9.00. The number of halogens is 1. The minimum absolute atomic E-state index is 0.0278. The van der Waals surface area contributed by atoms with E-state index in [0.717, 1.165) is 28.9 Å². The number of hydrogen-bond donors (Lipinski definition) is 3. The summed E-state index contributed by atoms with van der Waals surface area (Å²) in [5.41, 5.74) is 5.73. The molecule has 0 saturated heterocycles. The standard InChI is InChI=1S/C21H25FN2O2/c1-13-7-18(4-6-20(13)22)23-11-17-8-15-3-5-19(26)9-16(15)10-21(17)24-14(2)12-25/h4,6-8,10,14,23-25H,3,5,9,11-12H2,1-2H3/t14-/m0/s1. The molecule has 0 unspecified atom stereocenters. The number of Topliss-reactive ketones (excluding diaryl/α,β-unsaturated/α-hetero) is 1. The highest BCUT2D eigenvalue weighted by atomic mass is 19.1. The molecule has 1 aliphatic carbocycles. The average Bonchev–Trinajstić information content (AvgIpc) is 2.62. The van der Waals surface area contributed by atoms with Gasteiger partial charge in [0.25, 0.3) is 0 Å². The second-order valence-electron chi connectivity index (χ2n) is 7.04. The van der Waals surface area contributed by atoms with E-state index in [1.165, 1.54) is 11.6 Å². The first-order valence-corrected chi connectivity index (χ1v) is 9.00. The molecule has 0 fully saturated rings. The minimum atomic E-state index is -0.215. The van der Waals surface area contributed by atoms with Gasteiger partial charge in [-0.15, -0.1) is 0 Å². The number of aliphatic hydroxyl groups excluding tert-OH is 1. The van der Waals surface area contributed by atoms with Crippen molar-refractivity contribution in [2.24, 2.45) is 0 Å². The minimum Gasteiger partial charge on any atom is -0.394 e. The fourth-order valence-electron chi connectivity index (χ4n) is 3.26. The molecule has 2 aromatic carbocycles. The molecule has 1 atom stereocenters. The fourth-order valence-corrected chi connectivity index (χ4v) is 3.26. The molecular formula is C21H25FN2O2. The first-order chi connectivity index (χ1) is 12.5. The van der Waals surface area contributed by atoms with Crippen LogP contribution in [0.2, 0.25) is 0 Å². The summed E-state index contributed by atoms with van der Waals surface area (Å²) in [5, 5.41) is 16.0. The van der Waals surface area contributed by atoms with E-state index in [0.29, 0.717) is 24.9 Å². The predicted molar refractivity (Wildman–Crippen MR) is 102 cm³/mol. The molecule has 2 aromatic rings. The Kier molecular flexibility index (Phi) is 5.57. The topological polar surface area (TPSA) is 61.4 Å². The van der Waals surface area contributed by atoms with Crippen molar-refractivity contribution in [2.75, 3.05) is 17.2 Å². The van der Waals surface area contributed by atoms with Gasteiger partial charge in [0.15, 0.2) is 0 Å². The van der Waals surface area contributed by atoms with Crippen LogP contribution in [-0.2, 0) is 24.2 Å². The number of aliphatic hydroxyl groups is 1. The Hall–Kier alpha value is -2.40. The Morgan fingerprint density at radius 3 is 2.73 bits per heavy atom. The van der Waals surface area contributed by atoms with Crippen molar-refractivity contribution in [1.29, 1.82) is 0 Å². The maximum atomic E-state index is 13.4. The second kappa shape index (κ2) is 7.87. The molecular weight excluding hydrogens is 331 g/mol. The lowest BCUT2D eigenvalue weighted by Crippen LogP contribution is -2.22. The van der Waals surface area contributed by atoms with Crippen LogP contribution in [-0.4, -0.2) is 23.5 Å². The van der Waals surface area contributed by atoms with E-state index in [-0.39, 0.29) is 24.2 Å². The van der Waals surface area contributed by atoms with Crippen LogP contribution in [0.4, 0.5) is 15.8 Å². The molecule has 5 heteroatoms. The summed E-state index contributed by atoms with van der Waals surface area (Å²) in [6.07, 6.45) is 1.84. The van der Waals surface area contributed by atoms with Gasteiger partial charge in [-0.05, 0) is 66.8 Å². The van der Waals surface area contributed by atoms with Crippen LogP contribution in [0.25, 0.3) is 0 Å². The van der Waals surface area contributed by atoms with Crippen LogP contribution in [0.1, 0.15) is 35.6 Å². The van der Waals surface area contributed by atoms with Crippen LogP contribution in [0.3, 0.4) is 0 Å². The number of carbonyl (C=O) groups excluding carboxylic acids is 1. The van der Waals surface area contributed by atoms with Gasteiger partial charge in [0, 0.05) is 36.8 Å². The lowest BCUT2D eigenvalue weighted by Gasteiger charge is -2.22. The summed E-state index contributed by atoms with van der Waals surface area (Å²) in [5.74, 6) is 0.0550. The van der Waals surface area contributed by atoms with Gasteiger partial charge in [0.05, 0.1) is 6.61 Å². The number of benzene rings is 2. The molecule has 26 heavy (non-hydrogen) atoms. The maximum Gasteiger partial charge on any atom is 0.137 e. The zero-order valence-corrected chi connectivity index (χ0v) is 15.2. The highest BCUT2D eigenvalue weighted by molar-refractivity contribution is 5.84. The van der Waals surface area contributed by atoms with Crippen molar-refractivity contribution in [2.45, 2.75) is 45.7 Å². The van der Waals surface area contributed by atoms with E-state index in [4.69, 9.17) is 0 Å². The van der Waals surface area contributed by atoms with Crippen molar-refractivity contribution < 1.29 is 14.3 Å². The van der Waals surface area contributed by atoms with Crippen LogP contribution in [0, 0.1) is 12.7 Å². The lowest BCUT2D eigenvalue weighted by atomic mass is 9.88. The molecule has 3 rings (SSSR count). The zero-order valence-electron chi connectivity index (χ0n) is 15.2. The van der Waals surface area contributed by atoms with Crippen LogP contribution in [0.15, 0.2) is 30.3 Å². The van der Waals surface area contributed by atoms with Gasteiger partial charge in [-0.1, -0.05) is 6.07 Å². The Morgan fingerprint density at radius 2 is 2.00 bits per heavy atom. The summed E-state index contributed by atoms with van der Waals surface area (Å²) >= 11 is 0. The van der Waals surface area contributed by atoms with Gasteiger partial charge in [0.1, 0.15) is 11.6 Å². The van der Waals surface area contributed by atoms with Gasteiger partial charge in [-0.3, -0.25) is 4.79 Å².